The smallest absolute Gasteiger partial charge is 0.235 e. The zero-order valence-corrected chi connectivity index (χ0v) is 22.6. The number of phenolic OH excluding ortho intramolecular Hbond substituents is 1. The van der Waals surface area contributed by atoms with Crippen molar-refractivity contribution in [3.05, 3.63) is 23.0 Å². The molecule has 0 saturated heterocycles. The lowest BCUT2D eigenvalue weighted by atomic mass is 9.52. The third-order valence-corrected chi connectivity index (χ3v) is 8.10. The number of amides is 1. The number of likely N-dealkylation sites (N-methyl/N-ethyl adjacent to an activating group) is 1. The molecule has 3 aliphatic carbocycles. The number of benzene rings is 1. The van der Waals surface area contributed by atoms with Gasteiger partial charge in [-0.2, -0.15) is 0 Å². The highest BCUT2D eigenvalue weighted by molar-refractivity contribution is 6.32. The van der Waals surface area contributed by atoms with Crippen molar-refractivity contribution in [2.45, 2.75) is 50.8 Å². The molecule has 39 heavy (non-hydrogen) atoms. The van der Waals surface area contributed by atoms with Crippen LogP contribution in [0.4, 0.5) is 10.1 Å². The number of nitrogens with zero attached hydrogens (tertiary/aromatic N) is 1. The van der Waals surface area contributed by atoms with Crippen molar-refractivity contribution in [3.63, 3.8) is 0 Å². The highest BCUT2D eigenvalue weighted by Gasteiger charge is 2.69. The maximum atomic E-state index is 15.3. The van der Waals surface area contributed by atoms with Gasteiger partial charge in [0.15, 0.2) is 34.7 Å². The van der Waals surface area contributed by atoms with E-state index in [-0.39, 0.29) is 35.2 Å². The van der Waals surface area contributed by atoms with Crippen LogP contribution in [0.1, 0.15) is 43.1 Å². The van der Waals surface area contributed by atoms with Crippen LogP contribution in [-0.2, 0) is 25.6 Å². The second-order valence-corrected chi connectivity index (χ2v) is 12.0. The van der Waals surface area contributed by atoms with Gasteiger partial charge >= 0.3 is 0 Å². The van der Waals surface area contributed by atoms with Gasteiger partial charge in [-0.15, -0.1) is 0 Å². The molecule has 1 amide bonds. The predicted molar refractivity (Wildman–Crippen MR) is 138 cm³/mol. The quantitative estimate of drug-likeness (QED) is 0.182. The van der Waals surface area contributed by atoms with Crippen molar-refractivity contribution in [3.8, 4) is 5.75 Å². The highest BCUT2D eigenvalue weighted by Crippen LogP contribution is 2.51. The van der Waals surface area contributed by atoms with Crippen molar-refractivity contribution in [1.82, 2.24) is 10.2 Å². The summed E-state index contributed by atoms with van der Waals surface area (Å²) in [4.78, 5) is 67.3. The Bertz CT molecular complexity index is 1270. The zero-order valence-electron chi connectivity index (χ0n) is 22.6. The van der Waals surface area contributed by atoms with Crippen LogP contribution < -0.4 is 16.4 Å². The number of fused-ring (bicyclic) bond motifs is 3. The molecule has 0 bridgehead atoms. The molecule has 0 aromatic heterocycles. The Balaban J connectivity index is 1.73. The minimum atomic E-state index is -2.82. The first-order chi connectivity index (χ1) is 18.0. The van der Waals surface area contributed by atoms with E-state index in [9.17, 15) is 34.2 Å². The van der Waals surface area contributed by atoms with Crippen molar-refractivity contribution in [1.29, 1.82) is 0 Å². The molecule has 0 spiro atoms. The molecule has 1 aromatic carbocycles. The van der Waals surface area contributed by atoms with E-state index in [1.165, 1.54) is 19.0 Å². The van der Waals surface area contributed by atoms with E-state index < -0.39 is 75.9 Å². The molecule has 1 aromatic rings. The number of primary amides is 1. The van der Waals surface area contributed by atoms with Crippen LogP contribution in [0, 0.1) is 29.5 Å². The van der Waals surface area contributed by atoms with Gasteiger partial charge in [-0.3, -0.25) is 28.9 Å². The van der Waals surface area contributed by atoms with Crippen molar-refractivity contribution >= 4 is 34.7 Å². The fraction of sp³-hybridized carbons (Fsp3) is 0.593. The third kappa shape index (κ3) is 4.53. The molecule has 0 heterocycles. The predicted octanol–water partition coefficient (Wildman–Crippen LogP) is -0.194. The summed E-state index contributed by atoms with van der Waals surface area (Å²) in [5.41, 5.74) is 1.84. The first-order valence-corrected chi connectivity index (χ1v) is 12.9. The molecule has 212 valence electrons. The molecule has 6 N–H and O–H groups in total. The van der Waals surface area contributed by atoms with E-state index in [4.69, 9.17) is 5.73 Å². The van der Waals surface area contributed by atoms with Crippen LogP contribution in [0.3, 0.4) is 0 Å². The molecular formula is C27H35FN4O7. The summed E-state index contributed by atoms with van der Waals surface area (Å²) in [5.74, 6) is -12.6. The number of aromatic hydroxyl groups is 1. The molecule has 11 nitrogen and oxygen atoms in total. The zero-order chi connectivity index (χ0) is 29.2. The number of carbonyl (C=O) groups is 5. The van der Waals surface area contributed by atoms with Crippen LogP contribution in [-0.4, -0.2) is 88.5 Å². The van der Waals surface area contributed by atoms with Gasteiger partial charge in [-0.05, 0) is 53.6 Å². The van der Waals surface area contributed by atoms with Gasteiger partial charge in [-0.25, -0.2) is 4.39 Å². The van der Waals surface area contributed by atoms with Gasteiger partial charge in [0.1, 0.15) is 11.6 Å². The molecule has 4 rings (SSSR count). The lowest BCUT2D eigenvalue weighted by molar-refractivity contribution is -0.181. The van der Waals surface area contributed by atoms with Crippen LogP contribution in [0.5, 0.6) is 5.75 Å². The molecular weight excluding hydrogens is 511 g/mol. The van der Waals surface area contributed by atoms with E-state index >= 15 is 4.39 Å². The maximum absolute atomic E-state index is 15.3. The summed E-state index contributed by atoms with van der Waals surface area (Å²) in [7, 11) is 3.00. The Morgan fingerprint density at radius 3 is 2.38 bits per heavy atom. The summed E-state index contributed by atoms with van der Waals surface area (Å²) in [6.07, 6.45) is -0.264. The van der Waals surface area contributed by atoms with E-state index in [2.05, 4.69) is 10.6 Å². The van der Waals surface area contributed by atoms with Crippen molar-refractivity contribution in [2.75, 3.05) is 32.5 Å². The Morgan fingerprint density at radius 2 is 1.82 bits per heavy atom. The topological polar surface area (TPSA) is 179 Å². The first kappa shape index (κ1) is 28.8. The summed E-state index contributed by atoms with van der Waals surface area (Å²) in [5, 5.41) is 28.7. The van der Waals surface area contributed by atoms with E-state index in [0.29, 0.717) is 13.1 Å². The van der Waals surface area contributed by atoms with E-state index in [1.807, 2.05) is 20.8 Å². The number of carbonyl (C=O) groups excluding carboxylic acids is 5. The number of rotatable bonds is 6. The average molecular weight is 547 g/mol. The Hall–Kier alpha value is -3.22. The van der Waals surface area contributed by atoms with Crippen molar-refractivity contribution < 1.29 is 38.6 Å². The van der Waals surface area contributed by atoms with E-state index in [0.717, 1.165) is 6.07 Å². The number of nitrogens with one attached hydrogen (secondary N) is 2. The molecule has 2 saturated carbocycles. The van der Waals surface area contributed by atoms with Crippen LogP contribution in [0.15, 0.2) is 6.07 Å². The van der Waals surface area contributed by atoms with Gasteiger partial charge in [0.2, 0.25) is 5.91 Å². The summed E-state index contributed by atoms with van der Waals surface area (Å²) >= 11 is 0. The maximum Gasteiger partial charge on any atom is 0.235 e. The third-order valence-electron chi connectivity index (χ3n) is 8.10. The molecule has 3 aliphatic rings. The number of halogens is 1. The minimum absolute atomic E-state index is 0.0330. The van der Waals surface area contributed by atoms with Crippen molar-refractivity contribution in [2.24, 2.45) is 29.4 Å². The number of phenols is 1. The molecule has 6 atom stereocenters. The number of anilines is 1. The molecule has 2 unspecified atom stereocenters. The average Bonchev–Trinajstić information content (AvgIpc) is 2.81. The number of Topliss-reactive ketones (excluding diaryl/α,β-unsaturated/α-hetero) is 4. The molecule has 12 heteroatoms. The fourth-order valence-corrected chi connectivity index (χ4v) is 6.40. The summed E-state index contributed by atoms with van der Waals surface area (Å²) in [6.45, 7) is 6.68. The molecule has 2 fully saturated rings. The first-order valence-electron chi connectivity index (χ1n) is 12.9. The molecule has 0 radical (unpaired) electrons. The normalized spacial score (nSPS) is 30.6. The van der Waals surface area contributed by atoms with Gasteiger partial charge in [0.05, 0.1) is 23.2 Å². The Morgan fingerprint density at radius 1 is 1.18 bits per heavy atom. The number of ketones is 4. The van der Waals surface area contributed by atoms with Gasteiger partial charge < -0.3 is 26.6 Å². The van der Waals surface area contributed by atoms with Crippen LogP contribution in [0.25, 0.3) is 0 Å². The lowest BCUT2D eigenvalue weighted by Crippen LogP contribution is -2.74. The Kier molecular flexibility index (Phi) is 7.20. The second kappa shape index (κ2) is 9.76. The number of hydrogen-bond donors (Lipinski definition) is 5. The van der Waals surface area contributed by atoms with Gasteiger partial charge in [-0.1, -0.05) is 0 Å². The summed E-state index contributed by atoms with van der Waals surface area (Å²) < 4.78 is 15.3. The largest absolute Gasteiger partial charge is 0.505 e. The molecule has 0 aliphatic heterocycles. The van der Waals surface area contributed by atoms with Gasteiger partial charge in [0, 0.05) is 36.2 Å². The number of nitrogens with two attached hydrogens (primary N) is 1. The van der Waals surface area contributed by atoms with E-state index in [1.54, 1.807) is 0 Å². The summed E-state index contributed by atoms with van der Waals surface area (Å²) in [6, 6.07) is -0.119. The SMILES string of the molecule is CN(C)[C@@H]1C(=O)C(C(N)=O)C(=O)[C@@]2(O)C(=O)C3C(=O)c4c(O)c(NCCNC(C)(C)C)cc(F)c4C[C@H]3C[C@@H]12. The fourth-order valence-electron chi connectivity index (χ4n) is 6.40. The minimum Gasteiger partial charge on any atom is -0.505 e. The van der Waals surface area contributed by atoms with Crippen LogP contribution in [0.2, 0.25) is 0 Å². The lowest BCUT2D eigenvalue weighted by Gasteiger charge is -2.52. The monoisotopic (exact) mass is 546 g/mol. The number of hydrogen-bond acceptors (Lipinski definition) is 10. The second-order valence-electron chi connectivity index (χ2n) is 12.0. The standard InChI is InChI=1S/C27H35FN4O7/c1-26(2,3)31-7-6-30-15-10-14(28)12-8-11-9-13-19(32(4)5)22(35)18(25(29)38)24(37)27(13,39)23(36)16(11)21(34)17(12)20(15)33/h10-11,13,16,18-19,30-31,33,39H,6-9H2,1-5H3,(H2,29,38)/t11-,13-,16?,18?,19-,27-/m0/s1. The number of aliphatic hydroxyl groups is 1. The Labute approximate surface area is 225 Å². The van der Waals surface area contributed by atoms with Gasteiger partial charge in [0.25, 0.3) is 0 Å². The van der Waals surface area contributed by atoms with Crippen LogP contribution >= 0.6 is 0 Å². The highest BCUT2D eigenvalue weighted by atomic mass is 19.1.